The number of H-pyrrole nitrogens is 1. The second kappa shape index (κ2) is 5.78. The molecule has 0 bridgehead atoms. The summed E-state index contributed by atoms with van der Waals surface area (Å²) in [6.07, 6.45) is 0.391. The van der Waals surface area contributed by atoms with Gasteiger partial charge in [-0.3, -0.25) is 9.89 Å². The predicted octanol–water partition coefficient (Wildman–Crippen LogP) is 0.576. The van der Waals surface area contributed by atoms with E-state index in [-0.39, 0.29) is 30.2 Å². The Hall–Kier alpha value is -2.18. The van der Waals surface area contributed by atoms with Gasteiger partial charge in [-0.2, -0.15) is 5.10 Å². The number of aldehydes is 1. The largest absolute Gasteiger partial charge is 0.462 e. The Kier molecular flexibility index (Phi) is 4.38. The SMILES string of the molecule is CCOC(=O)c1n[nH]c(C=O)c1C(=O)OCC. The maximum absolute atomic E-state index is 11.6. The maximum atomic E-state index is 11.6. The van der Waals surface area contributed by atoms with E-state index in [0.717, 1.165) is 0 Å². The van der Waals surface area contributed by atoms with E-state index in [1.165, 1.54) is 0 Å². The Morgan fingerprint density at radius 3 is 2.35 bits per heavy atom. The minimum atomic E-state index is -0.786. The number of esters is 2. The molecule has 0 amide bonds. The van der Waals surface area contributed by atoms with Crippen molar-refractivity contribution in [3.05, 3.63) is 17.0 Å². The van der Waals surface area contributed by atoms with E-state index >= 15 is 0 Å². The topological polar surface area (TPSA) is 98.4 Å². The van der Waals surface area contributed by atoms with Crippen molar-refractivity contribution in [2.75, 3.05) is 13.2 Å². The molecule has 0 aliphatic rings. The fraction of sp³-hybridized carbons (Fsp3) is 0.400. The van der Waals surface area contributed by atoms with E-state index in [4.69, 9.17) is 9.47 Å². The second-order valence-corrected chi connectivity index (χ2v) is 2.92. The number of carbonyl (C=O) groups is 3. The van der Waals surface area contributed by atoms with E-state index in [9.17, 15) is 14.4 Å². The average molecular weight is 240 g/mol. The quantitative estimate of drug-likeness (QED) is 0.597. The summed E-state index contributed by atoms with van der Waals surface area (Å²) in [6, 6.07) is 0. The van der Waals surface area contributed by atoms with Crippen molar-refractivity contribution in [1.29, 1.82) is 0 Å². The van der Waals surface area contributed by atoms with E-state index in [1.54, 1.807) is 13.8 Å². The highest BCUT2D eigenvalue weighted by Crippen LogP contribution is 2.13. The lowest BCUT2D eigenvalue weighted by Gasteiger charge is -2.02. The number of hydrogen-bond donors (Lipinski definition) is 1. The highest BCUT2D eigenvalue weighted by Gasteiger charge is 2.26. The number of nitrogens with zero attached hydrogens (tertiary/aromatic N) is 1. The molecule has 17 heavy (non-hydrogen) atoms. The minimum Gasteiger partial charge on any atom is -0.462 e. The van der Waals surface area contributed by atoms with Crippen molar-refractivity contribution in [1.82, 2.24) is 10.2 Å². The zero-order valence-electron chi connectivity index (χ0n) is 9.48. The predicted molar refractivity (Wildman–Crippen MR) is 55.9 cm³/mol. The molecule has 0 aromatic carbocycles. The van der Waals surface area contributed by atoms with Crippen molar-refractivity contribution < 1.29 is 23.9 Å². The molecular formula is C10H12N2O5. The van der Waals surface area contributed by atoms with Crippen LogP contribution in [0.25, 0.3) is 0 Å². The number of rotatable bonds is 5. The molecule has 0 aliphatic heterocycles. The maximum Gasteiger partial charge on any atom is 0.359 e. The van der Waals surface area contributed by atoms with E-state index < -0.39 is 11.9 Å². The van der Waals surface area contributed by atoms with E-state index in [1.807, 2.05) is 0 Å². The summed E-state index contributed by atoms with van der Waals surface area (Å²) < 4.78 is 9.44. The number of nitrogens with one attached hydrogen (secondary N) is 1. The number of carbonyl (C=O) groups excluding carboxylic acids is 3. The molecule has 0 saturated heterocycles. The van der Waals surface area contributed by atoms with Gasteiger partial charge in [0.25, 0.3) is 0 Å². The number of aromatic nitrogens is 2. The summed E-state index contributed by atoms with van der Waals surface area (Å²) in [5.41, 5.74) is -0.542. The average Bonchev–Trinajstić information content (AvgIpc) is 2.73. The second-order valence-electron chi connectivity index (χ2n) is 2.92. The monoisotopic (exact) mass is 240 g/mol. The molecule has 7 nitrogen and oxygen atoms in total. The lowest BCUT2D eigenvalue weighted by Crippen LogP contribution is -2.14. The molecule has 7 heteroatoms. The first-order valence-corrected chi connectivity index (χ1v) is 5.03. The Morgan fingerprint density at radius 1 is 1.24 bits per heavy atom. The van der Waals surface area contributed by atoms with Gasteiger partial charge in [0.05, 0.1) is 13.2 Å². The molecule has 1 aromatic heterocycles. The van der Waals surface area contributed by atoms with Crippen LogP contribution in [0.4, 0.5) is 0 Å². The van der Waals surface area contributed by atoms with Crippen LogP contribution in [0.5, 0.6) is 0 Å². The Morgan fingerprint density at radius 2 is 1.82 bits per heavy atom. The molecular weight excluding hydrogens is 228 g/mol. The molecule has 0 fully saturated rings. The molecule has 0 unspecified atom stereocenters. The number of ether oxygens (including phenoxy) is 2. The van der Waals surface area contributed by atoms with Gasteiger partial charge in [-0.05, 0) is 13.8 Å². The van der Waals surface area contributed by atoms with Crippen LogP contribution in [0, 0.1) is 0 Å². The lowest BCUT2D eigenvalue weighted by atomic mass is 10.2. The molecule has 0 spiro atoms. The molecule has 0 atom stereocenters. The smallest absolute Gasteiger partial charge is 0.359 e. The van der Waals surface area contributed by atoms with Gasteiger partial charge in [0, 0.05) is 0 Å². The van der Waals surface area contributed by atoms with E-state index in [0.29, 0.717) is 6.29 Å². The van der Waals surface area contributed by atoms with Gasteiger partial charge in [-0.25, -0.2) is 9.59 Å². The first-order chi connectivity index (χ1) is 8.15. The van der Waals surface area contributed by atoms with Crippen LogP contribution in [0.1, 0.15) is 45.2 Å². The molecule has 0 radical (unpaired) electrons. The van der Waals surface area contributed by atoms with Gasteiger partial charge in [-0.15, -0.1) is 0 Å². The normalized spacial score (nSPS) is 9.76. The number of aromatic amines is 1. The van der Waals surface area contributed by atoms with Crippen molar-refractivity contribution in [3.8, 4) is 0 Å². The van der Waals surface area contributed by atoms with Crippen LogP contribution in [-0.2, 0) is 9.47 Å². The lowest BCUT2D eigenvalue weighted by molar-refractivity contribution is 0.0475. The van der Waals surface area contributed by atoms with Crippen molar-refractivity contribution in [2.45, 2.75) is 13.8 Å². The summed E-state index contributed by atoms with van der Waals surface area (Å²) in [7, 11) is 0. The highest BCUT2D eigenvalue weighted by molar-refractivity contribution is 6.06. The third-order valence-corrected chi connectivity index (χ3v) is 1.86. The Labute approximate surface area is 97.1 Å². The van der Waals surface area contributed by atoms with Crippen LogP contribution >= 0.6 is 0 Å². The van der Waals surface area contributed by atoms with Crippen molar-refractivity contribution in [3.63, 3.8) is 0 Å². The molecule has 1 rings (SSSR count). The van der Waals surface area contributed by atoms with Crippen LogP contribution in [0.3, 0.4) is 0 Å². The zero-order chi connectivity index (χ0) is 12.8. The third kappa shape index (κ3) is 2.68. The van der Waals surface area contributed by atoms with Gasteiger partial charge >= 0.3 is 11.9 Å². The minimum absolute atomic E-state index is 0.105. The molecule has 1 heterocycles. The fourth-order valence-corrected chi connectivity index (χ4v) is 1.20. The fourth-order valence-electron chi connectivity index (χ4n) is 1.20. The van der Waals surface area contributed by atoms with Crippen LogP contribution in [0.2, 0.25) is 0 Å². The molecule has 92 valence electrons. The van der Waals surface area contributed by atoms with Gasteiger partial charge in [0.2, 0.25) is 0 Å². The zero-order valence-corrected chi connectivity index (χ0v) is 9.48. The van der Waals surface area contributed by atoms with Crippen LogP contribution in [0.15, 0.2) is 0 Å². The van der Waals surface area contributed by atoms with Gasteiger partial charge in [0.15, 0.2) is 12.0 Å². The first kappa shape index (κ1) is 12.9. The Balaban J connectivity index is 3.14. The van der Waals surface area contributed by atoms with Crippen LogP contribution in [-0.4, -0.2) is 41.6 Å². The summed E-state index contributed by atoms with van der Waals surface area (Å²) in [5.74, 6) is -1.56. The molecule has 0 aliphatic carbocycles. The molecule has 0 saturated carbocycles. The standard InChI is InChI=1S/C10H12N2O5/c1-3-16-9(14)7-6(5-13)11-12-8(7)10(15)17-4-2/h5H,3-4H2,1-2H3,(H,11,12). The summed E-state index contributed by atoms with van der Waals surface area (Å²) in [6.45, 7) is 3.51. The van der Waals surface area contributed by atoms with Gasteiger partial charge < -0.3 is 9.47 Å². The van der Waals surface area contributed by atoms with Crippen LogP contribution < -0.4 is 0 Å². The molecule has 1 N–H and O–H groups in total. The Bertz CT molecular complexity index is 438. The molecule has 1 aromatic rings. The number of hydrogen-bond acceptors (Lipinski definition) is 6. The summed E-state index contributed by atoms with van der Waals surface area (Å²) in [4.78, 5) is 33.7. The third-order valence-electron chi connectivity index (χ3n) is 1.86. The van der Waals surface area contributed by atoms with Gasteiger partial charge in [-0.1, -0.05) is 0 Å². The summed E-state index contributed by atoms with van der Waals surface area (Å²) >= 11 is 0. The van der Waals surface area contributed by atoms with Crippen molar-refractivity contribution >= 4 is 18.2 Å². The van der Waals surface area contributed by atoms with Crippen molar-refractivity contribution in [2.24, 2.45) is 0 Å². The highest BCUT2D eigenvalue weighted by atomic mass is 16.5. The van der Waals surface area contributed by atoms with E-state index in [2.05, 4.69) is 10.2 Å². The van der Waals surface area contributed by atoms with Gasteiger partial charge in [0.1, 0.15) is 11.3 Å². The first-order valence-electron chi connectivity index (χ1n) is 5.03. The summed E-state index contributed by atoms with van der Waals surface area (Å²) in [5, 5.41) is 5.86.